The number of rotatable bonds is 5. The molecule has 0 bridgehead atoms. The van der Waals surface area contributed by atoms with Crippen LogP contribution >= 0.6 is 0 Å². The highest BCUT2D eigenvalue weighted by Crippen LogP contribution is 2.43. The van der Waals surface area contributed by atoms with E-state index in [4.69, 9.17) is 9.97 Å². The molecule has 0 aliphatic carbocycles. The summed E-state index contributed by atoms with van der Waals surface area (Å²) in [6.07, 6.45) is 7.64. The lowest BCUT2D eigenvalue weighted by molar-refractivity contribution is 1.33. The van der Waals surface area contributed by atoms with E-state index in [2.05, 4.69) is 174 Å². The Morgan fingerprint density at radius 3 is 1.59 bits per heavy atom. The number of aromatic nitrogens is 4. The van der Waals surface area contributed by atoms with Gasteiger partial charge in [-0.15, -0.1) is 0 Å². The number of nitrogens with zero attached hydrogens (tertiary/aromatic N) is 4. The van der Waals surface area contributed by atoms with Gasteiger partial charge in [0.25, 0.3) is 0 Å². The normalized spacial score (nSPS) is 11.8. The molecule has 0 radical (unpaired) electrons. The first kappa shape index (κ1) is 32.4. The van der Waals surface area contributed by atoms with Crippen LogP contribution in [0.1, 0.15) is 0 Å². The highest BCUT2D eigenvalue weighted by Gasteiger charge is 2.16. The maximum atomic E-state index is 5.32. The van der Waals surface area contributed by atoms with Gasteiger partial charge >= 0.3 is 0 Å². The van der Waals surface area contributed by atoms with Gasteiger partial charge in [-0.3, -0.25) is 9.97 Å². The molecule has 0 spiro atoms. The average Bonchev–Trinajstić information content (AvgIpc) is 3.30. The van der Waals surface area contributed by atoms with Crippen molar-refractivity contribution in [2.45, 2.75) is 0 Å². The zero-order valence-corrected chi connectivity index (χ0v) is 31.3. The Hall–Kier alpha value is -7.82. The molecule has 0 saturated carbocycles. The van der Waals surface area contributed by atoms with E-state index in [-0.39, 0.29) is 0 Å². The predicted octanol–water partition coefficient (Wildman–Crippen LogP) is 14.0. The highest BCUT2D eigenvalue weighted by atomic mass is 14.8. The van der Waals surface area contributed by atoms with Crippen LogP contribution in [0.25, 0.3) is 121 Å². The molecule has 0 fully saturated rings. The summed E-state index contributed by atoms with van der Waals surface area (Å²) in [6.45, 7) is 0. The largest absolute Gasteiger partial charge is 0.264 e. The van der Waals surface area contributed by atoms with Crippen molar-refractivity contribution in [3.8, 4) is 55.9 Å². The maximum absolute atomic E-state index is 5.32. The van der Waals surface area contributed by atoms with Crippen LogP contribution in [0.15, 0.2) is 195 Å². The summed E-state index contributed by atoms with van der Waals surface area (Å²) in [6, 6.07) is 60.8. The molecule has 4 heteroatoms. The molecule has 8 aromatic carbocycles. The molecule has 0 N–H and O–H groups in total. The first-order valence-electron chi connectivity index (χ1n) is 19.6. The minimum atomic E-state index is 0.896. The maximum Gasteiger partial charge on any atom is 0.0972 e. The third kappa shape index (κ3) is 5.16. The molecule has 268 valence electrons. The third-order valence-electron chi connectivity index (χ3n) is 11.8. The smallest absolute Gasteiger partial charge is 0.0972 e. The zero-order valence-electron chi connectivity index (χ0n) is 31.3. The average molecular weight is 737 g/mol. The van der Waals surface area contributed by atoms with Crippen LogP contribution in [0, 0.1) is 0 Å². The lowest BCUT2D eigenvalue weighted by Gasteiger charge is -2.16. The Labute approximate surface area is 334 Å². The number of hydrogen-bond acceptors (Lipinski definition) is 4. The summed E-state index contributed by atoms with van der Waals surface area (Å²) in [5.41, 5.74) is 12.7. The van der Waals surface area contributed by atoms with Gasteiger partial charge in [-0.1, -0.05) is 146 Å². The van der Waals surface area contributed by atoms with E-state index in [1.165, 1.54) is 48.8 Å². The summed E-state index contributed by atoms with van der Waals surface area (Å²) in [4.78, 5) is 19.5. The van der Waals surface area contributed by atoms with Crippen molar-refractivity contribution in [3.63, 3.8) is 0 Å². The Bertz CT molecular complexity index is 3550. The van der Waals surface area contributed by atoms with Crippen molar-refractivity contribution in [2.24, 2.45) is 0 Å². The van der Waals surface area contributed by atoms with E-state index in [0.29, 0.717) is 0 Å². The molecular weight excluding hydrogens is 705 g/mol. The van der Waals surface area contributed by atoms with Gasteiger partial charge < -0.3 is 0 Å². The fraction of sp³-hybridized carbons (Fsp3) is 0. The van der Waals surface area contributed by atoms with E-state index in [1.54, 1.807) is 0 Å². The molecule has 12 rings (SSSR count). The number of benzene rings is 8. The predicted molar refractivity (Wildman–Crippen MR) is 241 cm³/mol. The van der Waals surface area contributed by atoms with Crippen LogP contribution in [0.2, 0.25) is 0 Å². The SMILES string of the molecule is c1cncc(-c2ccc3ccc4c(-c5cccc(-c6ccc7ccc8ccc(-c9ccc(-c%10cncc%11ccccc%10%11)cc9)nc8c7n6)c5)ccc5ccc2c3c54)c1. The molecule has 58 heavy (non-hydrogen) atoms. The third-order valence-corrected chi connectivity index (χ3v) is 11.8. The monoisotopic (exact) mass is 736 g/mol. The summed E-state index contributed by atoms with van der Waals surface area (Å²) in [7, 11) is 0. The summed E-state index contributed by atoms with van der Waals surface area (Å²) in [5, 5.41) is 12.0. The van der Waals surface area contributed by atoms with Crippen LogP contribution < -0.4 is 0 Å². The van der Waals surface area contributed by atoms with Crippen LogP contribution in [0.5, 0.6) is 0 Å². The van der Waals surface area contributed by atoms with Crippen molar-refractivity contribution in [1.82, 2.24) is 19.9 Å². The van der Waals surface area contributed by atoms with Crippen molar-refractivity contribution in [2.75, 3.05) is 0 Å². The Kier molecular flexibility index (Phi) is 7.20. The first-order valence-corrected chi connectivity index (χ1v) is 19.6. The van der Waals surface area contributed by atoms with E-state index in [9.17, 15) is 0 Å². The minimum Gasteiger partial charge on any atom is -0.264 e. The Morgan fingerprint density at radius 2 is 0.879 bits per heavy atom. The van der Waals surface area contributed by atoms with Gasteiger partial charge in [0.1, 0.15) is 0 Å². The van der Waals surface area contributed by atoms with Crippen LogP contribution in [0.3, 0.4) is 0 Å². The van der Waals surface area contributed by atoms with Gasteiger partial charge in [-0.2, -0.15) is 0 Å². The second kappa shape index (κ2) is 12.9. The zero-order chi connectivity index (χ0) is 38.2. The molecule has 4 aromatic heterocycles. The van der Waals surface area contributed by atoms with E-state index < -0.39 is 0 Å². The first-order chi connectivity index (χ1) is 28.7. The van der Waals surface area contributed by atoms with Gasteiger partial charge in [0.15, 0.2) is 0 Å². The van der Waals surface area contributed by atoms with Gasteiger partial charge in [0.2, 0.25) is 0 Å². The van der Waals surface area contributed by atoms with Gasteiger partial charge in [0, 0.05) is 63.2 Å². The fourth-order valence-electron chi connectivity index (χ4n) is 8.93. The van der Waals surface area contributed by atoms with Gasteiger partial charge in [-0.25, -0.2) is 9.97 Å². The fourth-order valence-corrected chi connectivity index (χ4v) is 8.93. The van der Waals surface area contributed by atoms with Crippen LogP contribution in [-0.4, -0.2) is 19.9 Å². The lowest BCUT2D eigenvalue weighted by atomic mass is 9.87. The molecule has 0 aliphatic heterocycles. The molecule has 0 atom stereocenters. The summed E-state index contributed by atoms with van der Waals surface area (Å²) in [5.74, 6) is 0. The summed E-state index contributed by atoms with van der Waals surface area (Å²) < 4.78 is 0. The second-order valence-corrected chi connectivity index (χ2v) is 15.1. The molecule has 0 aliphatic rings. The molecule has 0 saturated heterocycles. The topological polar surface area (TPSA) is 51.6 Å². The molecule has 4 heterocycles. The van der Waals surface area contributed by atoms with Crippen LogP contribution in [0.4, 0.5) is 0 Å². The number of hydrogen-bond donors (Lipinski definition) is 0. The minimum absolute atomic E-state index is 0.896. The lowest BCUT2D eigenvalue weighted by Crippen LogP contribution is -1.92. The van der Waals surface area contributed by atoms with Gasteiger partial charge in [0.05, 0.1) is 22.4 Å². The van der Waals surface area contributed by atoms with Gasteiger partial charge in [-0.05, 0) is 84.2 Å². The molecule has 4 nitrogen and oxygen atoms in total. The van der Waals surface area contributed by atoms with Crippen LogP contribution in [-0.2, 0) is 0 Å². The highest BCUT2D eigenvalue weighted by molar-refractivity contribution is 6.27. The van der Waals surface area contributed by atoms with Crippen molar-refractivity contribution < 1.29 is 0 Å². The van der Waals surface area contributed by atoms with E-state index in [1.807, 2.05) is 30.9 Å². The van der Waals surface area contributed by atoms with Crippen molar-refractivity contribution in [1.29, 1.82) is 0 Å². The standard InChI is InChI=1S/C54H32N4/c1-2-9-43-41(5-1)31-56-32-48(43)33-10-12-34(13-11-33)49-26-20-37-14-15-38-21-27-50(58-54(38)53(37)57-49)40-7-3-6-39(29-40)44-22-16-35-19-25-47-45(42-8-4-28-55-30-42)23-17-36-18-24-46(44)51(35)52(36)47/h1-32H. The number of pyridine rings is 4. The number of fused-ring (bicyclic) bond motifs is 4. The molecule has 0 amide bonds. The molecular formula is C54H32N4. The quantitative estimate of drug-likeness (QED) is 0.165. The second-order valence-electron chi connectivity index (χ2n) is 15.1. The summed E-state index contributed by atoms with van der Waals surface area (Å²) >= 11 is 0. The Morgan fingerprint density at radius 1 is 0.293 bits per heavy atom. The van der Waals surface area contributed by atoms with Crippen molar-refractivity contribution in [3.05, 3.63) is 195 Å². The molecule has 12 aromatic rings. The van der Waals surface area contributed by atoms with E-state index in [0.717, 1.165) is 72.0 Å². The molecule has 0 unspecified atom stereocenters. The Balaban J connectivity index is 0.938. The van der Waals surface area contributed by atoms with E-state index >= 15 is 0 Å². The van der Waals surface area contributed by atoms with Crippen molar-refractivity contribution >= 4 is 64.9 Å².